The van der Waals surface area contributed by atoms with Gasteiger partial charge in [0.1, 0.15) is 11.5 Å². The molecule has 0 aliphatic rings. The van der Waals surface area contributed by atoms with E-state index in [9.17, 15) is 0 Å². The molecule has 2 N–H and O–H groups in total. The van der Waals surface area contributed by atoms with Gasteiger partial charge in [0.25, 0.3) is 0 Å². The molecule has 2 aromatic carbocycles. The van der Waals surface area contributed by atoms with Crippen molar-refractivity contribution >= 4 is 15.9 Å². The SMILES string of the molecule is CNC(C)c1ccc(Oc2ccccc2CCO)cc1Br. The Morgan fingerprint density at radius 3 is 2.67 bits per heavy atom. The first-order valence-electron chi connectivity index (χ1n) is 6.99. The summed E-state index contributed by atoms with van der Waals surface area (Å²) in [5.41, 5.74) is 2.19. The van der Waals surface area contributed by atoms with Crippen LogP contribution in [0.3, 0.4) is 0 Å². The van der Waals surface area contributed by atoms with Crippen LogP contribution in [-0.2, 0) is 6.42 Å². The minimum absolute atomic E-state index is 0.114. The van der Waals surface area contributed by atoms with Gasteiger partial charge in [0.15, 0.2) is 0 Å². The number of hydrogen-bond acceptors (Lipinski definition) is 3. The van der Waals surface area contributed by atoms with Gasteiger partial charge >= 0.3 is 0 Å². The molecule has 1 atom stereocenters. The molecule has 0 aromatic heterocycles. The molecule has 0 radical (unpaired) electrons. The van der Waals surface area contributed by atoms with Crippen LogP contribution < -0.4 is 10.1 Å². The predicted molar refractivity (Wildman–Crippen MR) is 88.9 cm³/mol. The Kier molecular flexibility index (Phi) is 5.79. The molecule has 0 aliphatic carbocycles. The van der Waals surface area contributed by atoms with Crippen molar-refractivity contribution in [3.63, 3.8) is 0 Å². The van der Waals surface area contributed by atoms with E-state index in [1.807, 2.05) is 43.4 Å². The summed E-state index contributed by atoms with van der Waals surface area (Å²) >= 11 is 3.59. The van der Waals surface area contributed by atoms with Gasteiger partial charge in [-0.15, -0.1) is 0 Å². The van der Waals surface area contributed by atoms with E-state index in [0.717, 1.165) is 21.5 Å². The van der Waals surface area contributed by atoms with Crippen LogP contribution in [0.5, 0.6) is 11.5 Å². The molecular weight excluding hydrogens is 330 g/mol. The second-order valence-corrected chi connectivity index (χ2v) is 5.73. The molecule has 0 saturated heterocycles. The quantitative estimate of drug-likeness (QED) is 0.826. The molecule has 0 amide bonds. The molecule has 0 spiro atoms. The van der Waals surface area contributed by atoms with Crippen molar-refractivity contribution in [2.24, 2.45) is 0 Å². The topological polar surface area (TPSA) is 41.5 Å². The van der Waals surface area contributed by atoms with Gasteiger partial charge < -0.3 is 15.2 Å². The lowest BCUT2D eigenvalue weighted by atomic mass is 10.1. The second-order valence-electron chi connectivity index (χ2n) is 4.88. The van der Waals surface area contributed by atoms with Crippen molar-refractivity contribution in [1.29, 1.82) is 0 Å². The maximum Gasteiger partial charge on any atom is 0.130 e. The summed E-state index contributed by atoms with van der Waals surface area (Å²) < 4.78 is 6.97. The first-order chi connectivity index (χ1) is 10.2. The van der Waals surface area contributed by atoms with Crippen LogP contribution in [0.15, 0.2) is 46.9 Å². The average molecular weight is 350 g/mol. The first-order valence-corrected chi connectivity index (χ1v) is 7.78. The lowest BCUT2D eigenvalue weighted by Crippen LogP contribution is -2.12. The lowest BCUT2D eigenvalue weighted by Gasteiger charge is -2.15. The maximum absolute atomic E-state index is 9.11. The molecule has 112 valence electrons. The highest BCUT2D eigenvalue weighted by molar-refractivity contribution is 9.10. The average Bonchev–Trinajstić information content (AvgIpc) is 2.49. The number of hydrogen-bond donors (Lipinski definition) is 2. The van der Waals surface area contributed by atoms with E-state index in [4.69, 9.17) is 9.84 Å². The molecular formula is C17H20BrNO2. The fourth-order valence-corrected chi connectivity index (χ4v) is 2.84. The van der Waals surface area contributed by atoms with Gasteiger partial charge in [0.2, 0.25) is 0 Å². The number of halogens is 1. The molecule has 4 heteroatoms. The Morgan fingerprint density at radius 2 is 2.00 bits per heavy atom. The number of ether oxygens (including phenoxy) is 1. The van der Waals surface area contributed by atoms with Crippen molar-refractivity contribution < 1.29 is 9.84 Å². The summed E-state index contributed by atoms with van der Waals surface area (Å²) in [7, 11) is 1.94. The van der Waals surface area contributed by atoms with E-state index in [-0.39, 0.29) is 12.6 Å². The van der Waals surface area contributed by atoms with Crippen molar-refractivity contribution in [3.8, 4) is 11.5 Å². The summed E-state index contributed by atoms with van der Waals surface area (Å²) in [6.45, 7) is 2.22. The van der Waals surface area contributed by atoms with Crippen LogP contribution in [0.2, 0.25) is 0 Å². The van der Waals surface area contributed by atoms with Crippen LogP contribution in [0.25, 0.3) is 0 Å². The smallest absolute Gasteiger partial charge is 0.130 e. The summed E-state index contributed by atoms with van der Waals surface area (Å²) in [5, 5.41) is 12.3. The van der Waals surface area contributed by atoms with E-state index < -0.39 is 0 Å². The number of rotatable bonds is 6. The molecule has 3 nitrogen and oxygen atoms in total. The van der Waals surface area contributed by atoms with Gasteiger partial charge in [-0.25, -0.2) is 0 Å². The van der Waals surface area contributed by atoms with Crippen molar-refractivity contribution in [1.82, 2.24) is 5.32 Å². The highest BCUT2D eigenvalue weighted by Crippen LogP contribution is 2.31. The van der Waals surface area contributed by atoms with E-state index in [2.05, 4.69) is 34.2 Å². The minimum atomic E-state index is 0.114. The van der Waals surface area contributed by atoms with E-state index in [1.165, 1.54) is 5.56 Å². The molecule has 0 heterocycles. The Hall–Kier alpha value is -1.36. The van der Waals surface area contributed by atoms with Crippen molar-refractivity contribution in [2.45, 2.75) is 19.4 Å². The molecule has 0 saturated carbocycles. The second kappa shape index (κ2) is 7.59. The number of nitrogens with one attached hydrogen (secondary N) is 1. The Balaban J connectivity index is 2.23. The van der Waals surface area contributed by atoms with E-state index in [0.29, 0.717) is 6.42 Å². The van der Waals surface area contributed by atoms with Crippen LogP contribution in [-0.4, -0.2) is 18.8 Å². The fourth-order valence-electron chi connectivity index (χ4n) is 2.14. The zero-order valence-electron chi connectivity index (χ0n) is 12.3. The Morgan fingerprint density at radius 1 is 1.24 bits per heavy atom. The maximum atomic E-state index is 9.11. The summed E-state index contributed by atoms with van der Waals surface area (Å²) in [6, 6.07) is 14.0. The lowest BCUT2D eigenvalue weighted by molar-refractivity contribution is 0.298. The number of benzene rings is 2. The Bertz CT molecular complexity index is 601. The third-order valence-electron chi connectivity index (χ3n) is 3.45. The van der Waals surface area contributed by atoms with E-state index in [1.54, 1.807) is 0 Å². The predicted octanol–water partition coefficient (Wildman–Crippen LogP) is 4.06. The highest BCUT2D eigenvalue weighted by atomic mass is 79.9. The molecule has 1 unspecified atom stereocenters. The molecule has 0 bridgehead atoms. The van der Waals surface area contributed by atoms with Gasteiger partial charge in [-0.05, 0) is 49.7 Å². The normalized spacial score (nSPS) is 12.2. The van der Waals surface area contributed by atoms with Gasteiger partial charge in [-0.2, -0.15) is 0 Å². The standard InChI is InChI=1S/C17H20BrNO2/c1-12(19-2)15-8-7-14(11-16(15)18)21-17-6-4-3-5-13(17)9-10-20/h3-8,11-12,19-20H,9-10H2,1-2H3. The number of para-hydroxylation sites is 1. The highest BCUT2D eigenvalue weighted by Gasteiger charge is 2.10. The third kappa shape index (κ3) is 4.06. The zero-order chi connectivity index (χ0) is 15.2. The fraction of sp³-hybridized carbons (Fsp3) is 0.294. The number of aliphatic hydroxyl groups is 1. The van der Waals surface area contributed by atoms with Crippen LogP contribution >= 0.6 is 15.9 Å². The third-order valence-corrected chi connectivity index (χ3v) is 4.14. The first kappa shape index (κ1) is 16.0. The minimum Gasteiger partial charge on any atom is -0.457 e. The van der Waals surface area contributed by atoms with Crippen LogP contribution in [0.4, 0.5) is 0 Å². The van der Waals surface area contributed by atoms with Crippen molar-refractivity contribution in [2.75, 3.05) is 13.7 Å². The number of aliphatic hydroxyl groups excluding tert-OH is 1. The van der Waals surface area contributed by atoms with Crippen molar-refractivity contribution in [3.05, 3.63) is 58.1 Å². The van der Waals surface area contributed by atoms with Gasteiger partial charge in [0, 0.05) is 17.1 Å². The Labute approximate surface area is 134 Å². The summed E-state index contributed by atoms with van der Waals surface area (Å²) in [6.07, 6.45) is 0.589. The zero-order valence-corrected chi connectivity index (χ0v) is 13.9. The molecule has 2 aromatic rings. The monoisotopic (exact) mass is 349 g/mol. The molecule has 21 heavy (non-hydrogen) atoms. The van der Waals surface area contributed by atoms with Gasteiger partial charge in [0.05, 0.1) is 0 Å². The largest absolute Gasteiger partial charge is 0.457 e. The molecule has 2 rings (SSSR count). The van der Waals surface area contributed by atoms with Crippen LogP contribution in [0, 0.1) is 0 Å². The molecule has 0 fully saturated rings. The summed E-state index contributed by atoms with van der Waals surface area (Å²) in [5.74, 6) is 1.56. The summed E-state index contributed by atoms with van der Waals surface area (Å²) in [4.78, 5) is 0. The van der Waals surface area contributed by atoms with Gasteiger partial charge in [-0.3, -0.25) is 0 Å². The van der Waals surface area contributed by atoms with E-state index >= 15 is 0 Å². The van der Waals surface area contributed by atoms with Gasteiger partial charge in [-0.1, -0.05) is 40.2 Å². The molecule has 0 aliphatic heterocycles. The van der Waals surface area contributed by atoms with Crippen LogP contribution in [0.1, 0.15) is 24.1 Å².